The zero-order valence-electron chi connectivity index (χ0n) is 13.9. The molecule has 1 aromatic heterocycles. The van der Waals surface area contributed by atoms with Crippen LogP contribution in [0.1, 0.15) is 31.5 Å². The number of anilines is 1. The summed E-state index contributed by atoms with van der Waals surface area (Å²) in [5, 5.41) is 6.38. The Labute approximate surface area is 138 Å². The smallest absolute Gasteiger partial charge is 0.225 e. The largest absolute Gasteiger partial charge is 0.326 e. The molecule has 1 aromatic carbocycles. The second kappa shape index (κ2) is 9.06. The fourth-order valence-corrected chi connectivity index (χ4v) is 2.49. The van der Waals surface area contributed by atoms with Crippen LogP contribution >= 0.6 is 0 Å². The van der Waals surface area contributed by atoms with Crippen LogP contribution in [-0.2, 0) is 17.6 Å². The number of benzene rings is 1. The van der Waals surface area contributed by atoms with Crippen LogP contribution in [0.3, 0.4) is 0 Å². The van der Waals surface area contributed by atoms with Crippen molar-refractivity contribution in [1.82, 2.24) is 10.3 Å². The molecule has 1 amide bonds. The summed E-state index contributed by atoms with van der Waals surface area (Å²) < 4.78 is 0. The van der Waals surface area contributed by atoms with E-state index in [0.29, 0.717) is 6.42 Å². The van der Waals surface area contributed by atoms with Crippen LogP contribution in [0.2, 0.25) is 0 Å². The number of hydrogen-bond acceptors (Lipinski definition) is 3. The van der Waals surface area contributed by atoms with E-state index in [4.69, 9.17) is 0 Å². The van der Waals surface area contributed by atoms with Crippen molar-refractivity contribution < 1.29 is 4.79 Å². The second-order valence-electron chi connectivity index (χ2n) is 5.69. The third-order valence-corrected chi connectivity index (χ3v) is 3.76. The molecular weight excluding hydrogens is 286 g/mol. The number of nitrogens with zero attached hydrogens (tertiary/aromatic N) is 1. The van der Waals surface area contributed by atoms with Gasteiger partial charge in [0.25, 0.3) is 0 Å². The van der Waals surface area contributed by atoms with Gasteiger partial charge in [-0.15, -0.1) is 0 Å². The molecule has 2 rings (SSSR count). The average Bonchev–Trinajstić information content (AvgIpc) is 2.56. The third kappa shape index (κ3) is 5.83. The summed E-state index contributed by atoms with van der Waals surface area (Å²) in [5.41, 5.74) is 3.14. The van der Waals surface area contributed by atoms with E-state index in [2.05, 4.69) is 22.5 Å². The van der Waals surface area contributed by atoms with Gasteiger partial charge in [-0.05, 0) is 37.1 Å². The van der Waals surface area contributed by atoms with Crippen molar-refractivity contribution >= 4 is 11.6 Å². The summed E-state index contributed by atoms with van der Waals surface area (Å²) in [5.74, 6) is 0.0451. The highest BCUT2D eigenvalue weighted by atomic mass is 16.1. The van der Waals surface area contributed by atoms with Gasteiger partial charge in [0, 0.05) is 43.0 Å². The predicted molar refractivity (Wildman–Crippen MR) is 94.5 cm³/mol. The first-order valence-corrected chi connectivity index (χ1v) is 8.20. The first-order chi connectivity index (χ1) is 11.2. The molecule has 4 nitrogen and oxygen atoms in total. The quantitative estimate of drug-likeness (QED) is 0.787. The zero-order valence-corrected chi connectivity index (χ0v) is 13.9. The summed E-state index contributed by atoms with van der Waals surface area (Å²) in [6.45, 7) is 4.94. The molecule has 0 aliphatic heterocycles. The monoisotopic (exact) mass is 311 g/mol. The lowest BCUT2D eigenvalue weighted by atomic mass is 10.1. The number of hydrogen-bond donors (Lipinski definition) is 2. The van der Waals surface area contributed by atoms with E-state index in [1.54, 1.807) is 6.20 Å². The fraction of sp³-hybridized carbons (Fsp3) is 0.368. The summed E-state index contributed by atoms with van der Waals surface area (Å²) in [6, 6.07) is 14.0. The minimum atomic E-state index is 0.0451. The van der Waals surface area contributed by atoms with E-state index < -0.39 is 0 Å². The van der Waals surface area contributed by atoms with Crippen LogP contribution in [0.5, 0.6) is 0 Å². The van der Waals surface area contributed by atoms with Crippen LogP contribution in [0.15, 0.2) is 48.7 Å². The van der Waals surface area contributed by atoms with E-state index in [1.807, 2.05) is 49.4 Å². The second-order valence-corrected chi connectivity index (χ2v) is 5.69. The van der Waals surface area contributed by atoms with Crippen LogP contribution in [-0.4, -0.2) is 23.5 Å². The Morgan fingerprint density at radius 3 is 2.70 bits per heavy atom. The Kier molecular flexibility index (Phi) is 6.76. The number of pyridine rings is 1. The topological polar surface area (TPSA) is 54.0 Å². The number of para-hydroxylation sites is 1. The van der Waals surface area contributed by atoms with Gasteiger partial charge in [-0.1, -0.05) is 31.2 Å². The molecule has 0 unspecified atom stereocenters. The van der Waals surface area contributed by atoms with Crippen molar-refractivity contribution in [1.29, 1.82) is 0 Å². The normalized spacial score (nSPS) is 11.9. The molecule has 0 fully saturated rings. The lowest BCUT2D eigenvalue weighted by molar-refractivity contribution is -0.116. The molecule has 122 valence electrons. The SMILES string of the molecule is CCc1ccccc1NC(=O)C[C@@H](C)NCCc1ccccn1. The van der Waals surface area contributed by atoms with Gasteiger partial charge in [0.05, 0.1) is 0 Å². The van der Waals surface area contributed by atoms with Crippen molar-refractivity contribution in [3.05, 3.63) is 59.9 Å². The average molecular weight is 311 g/mol. The molecule has 0 aliphatic carbocycles. The fourth-order valence-electron chi connectivity index (χ4n) is 2.49. The van der Waals surface area contributed by atoms with Crippen LogP contribution < -0.4 is 10.6 Å². The molecular formula is C19H25N3O. The molecule has 0 saturated heterocycles. The Bertz CT molecular complexity index is 613. The standard InChI is InChI=1S/C19H25N3O/c1-3-16-8-4-5-10-18(16)22-19(23)14-15(2)20-13-11-17-9-6-7-12-21-17/h4-10,12,15,20H,3,11,13-14H2,1-2H3,(H,22,23)/t15-/m1/s1. The third-order valence-electron chi connectivity index (χ3n) is 3.76. The predicted octanol–water partition coefficient (Wildman–Crippen LogP) is 3.19. The van der Waals surface area contributed by atoms with Crippen molar-refractivity contribution in [3.8, 4) is 0 Å². The van der Waals surface area contributed by atoms with Crippen molar-refractivity contribution in [2.24, 2.45) is 0 Å². The summed E-state index contributed by atoms with van der Waals surface area (Å²) in [4.78, 5) is 16.5. The first kappa shape index (κ1) is 17.2. The molecule has 0 radical (unpaired) electrons. The van der Waals surface area contributed by atoms with Gasteiger partial charge >= 0.3 is 0 Å². The number of nitrogens with one attached hydrogen (secondary N) is 2. The van der Waals surface area contributed by atoms with E-state index in [-0.39, 0.29) is 11.9 Å². The first-order valence-electron chi connectivity index (χ1n) is 8.20. The van der Waals surface area contributed by atoms with E-state index in [0.717, 1.165) is 36.3 Å². The number of amides is 1. The summed E-state index contributed by atoms with van der Waals surface area (Å²) in [7, 11) is 0. The minimum Gasteiger partial charge on any atom is -0.326 e. The maximum absolute atomic E-state index is 12.2. The van der Waals surface area contributed by atoms with Gasteiger partial charge in [-0.3, -0.25) is 9.78 Å². The van der Waals surface area contributed by atoms with Gasteiger partial charge in [-0.2, -0.15) is 0 Å². The molecule has 23 heavy (non-hydrogen) atoms. The molecule has 0 bridgehead atoms. The Morgan fingerprint density at radius 1 is 1.17 bits per heavy atom. The van der Waals surface area contributed by atoms with E-state index in [1.165, 1.54) is 0 Å². The molecule has 1 heterocycles. The Balaban J connectivity index is 1.74. The Morgan fingerprint density at radius 2 is 1.96 bits per heavy atom. The highest BCUT2D eigenvalue weighted by Crippen LogP contribution is 2.15. The van der Waals surface area contributed by atoms with E-state index in [9.17, 15) is 4.79 Å². The number of rotatable bonds is 8. The highest BCUT2D eigenvalue weighted by molar-refractivity contribution is 5.91. The molecule has 0 saturated carbocycles. The van der Waals surface area contributed by atoms with Gasteiger partial charge < -0.3 is 10.6 Å². The van der Waals surface area contributed by atoms with Gasteiger partial charge in [-0.25, -0.2) is 0 Å². The summed E-state index contributed by atoms with van der Waals surface area (Å²) >= 11 is 0. The molecule has 0 spiro atoms. The number of aromatic nitrogens is 1. The highest BCUT2D eigenvalue weighted by Gasteiger charge is 2.10. The molecule has 0 aliphatic rings. The zero-order chi connectivity index (χ0) is 16.5. The Hall–Kier alpha value is -2.20. The number of aryl methyl sites for hydroxylation is 1. The van der Waals surface area contributed by atoms with E-state index >= 15 is 0 Å². The van der Waals surface area contributed by atoms with Gasteiger partial charge in [0.1, 0.15) is 0 Å². The van der Waals surface area contributed by atoms with Crippen molar-refractivity contribution in [3.63, 3.8) is 0 Å². The van der Waals surface area contributed by atoms with Crippen LogP contribution in [0.4, 0.5) is 5.69 Å². The van der Waals surface area contributed by atoms with Crippen molar-refractivity contribution in [2.45, 2.75) is 39.2 Å². The van der Waals surface area contributed by atoms with Crippen LogP contribution in [0.25, 0.3) is 0 Å². The molecule has 2 N–H and O–H groups in total. The lowest BCUT2D eigenvalue weighted by Crippen LogP contribution is -2.32. The van der Waals surface area contributed by atoms with Gasteiger partial charge in [0.15, 0.2) is 0 Å². The molecule has 2 aromatic rings. The minimum absolute atomic E-state index is 0.0451. The van der Waals surface area contributed by atoms with Crippen LogP contribution in [0, 0.1) is 0 Å². The number of carbonyl (C=O) groups excluding carboxylic acids is 1. The maximum atomic E-state index is 12.2. The molecule has 4 heteroatoms. The summed E-state index contributed by atoms with van der Waals surface area (Å²) in [6.07, 6.45) is 4.04. The van der Waals surface area contributed by atoms with Gasteiger partial charge in [0.2, 0.25) is 5.91 Å². The van der Waals surface area contributed by atoms with Crippen molar-refractivity contribution in [2.75, 3.05) is 11.9 Å². The number of carbonyl (C=O) groups is 1. The maximum Gasteiger partial charge on any atom is 0.225 e. The lowest BCUT2D eigenvalue weighted by Gasteiger charge is -2.15. The molecule has 1 atom stereocenters.